The number of nitrogens with one attached hydrogen (secondary N) is 1. The quantitative estimate of drug-likeness (QED) is 0.776. The van der Waals surface area contributed by atoms with Crippen molar-refractivity contribution in [3.05, 3.63) is 65.7 Å². The molecule has 0 aliphatic carbocycles. The van der Waals surface area contributed by atoms with Crippen molar-refractivity contribution in [2.75, 3.05) is 7.05 Å². The Morgan fingerprint density at radius 2 is 2.11 bits per heavy atom. The normalized spacial score (nSPS) is 12.7. The average Bonchev–Trinajstić information content (AvgIpc) is 2.86. The molecule has 3 heteroatoms. The Balaban J connectivity index is 2.16. The lowest BCUT2D eigenvalue weighted by Gasteiger charge is -2.17. The van der Waals surface area contributed by atoms with Gasteiger partial charge in [-0.2, -0.15) is 0 Å². The molecule has 0 saturated heterocycles. The summed E-state index contributed by atoms with van der Waals surface area (Å²) in [5.41, 5.74) is 3.37. The fourth-order valence-corrected chi connectivity index (χ4v) is 2.50. The van der Waals surface area contributed by atoms with Crippen LogP contribution in [0.5, 0.6) is 0 Å². The highest BCUT2D eigenvalue weighted by Gasteiger charge is 2.16. The average molecular weight is 252 g/mol. The number of hydrogen-bond acceptors (Lipinski definition) is 3. The minimum Gasteiger partial charge on any atom is -0.469 e. The van der Waals surface area contributed by atoms with Gasteiger partial charge in [-0.1, -0.05) is 18.2 Å². The van der Waals surface area contributed by atoms with Crippen molar-refractivity contribution in [3.8, 4) is 0 Å². The standard InChI is InChI=1S/C16H16N2O/c1-11-9-12(10-19-11)16(17-2)14-5-3-7-15-13(14)6-4-8-18-15/h3-10,16-17H,1-2H3. The highest BCUT2D eigenvalue weighted by Crippen LogP contribution is 2.28. The maximum Gasteiger partial charge on any atom is 0.101 e. The molecule has 2 aromatic heterocycles. The Morgan fingerprint density at radius 3 is 2.84 bits per heavy atom. The van der Waals surface area contributed by atoms with Gasteiger partial charge < -0.3 is 9.73 Å². The number of nitrogens with zero attached hydrogens (tertiary/aromatic N) is 1. The lowest BCUT2D eigenvalue weighted by molar-refractivity contribution is 0.528. The Kier molecular flexibility index (Phi) is 3.05. The Hall–Kier alpha value is -2.13. The zero-order valence-corrected chi connectivity index (χ0v) is 11.1. The van der Waals surface area contributed by atoms with E-state index in [2.05, 4.69) is 28.5 Å². The molecular formula is C16H16N2O. The molecule has 1 unspecified atom stereocenters. The molecule has 0 spiro atoms. The first-order valence-corrected chi connectivity index (χ1v) is 6.35. The summed E-state index contributed by atoms with van der Waals surface area (Å²) in [6.45, 7) is 1.96. The van der Waals surface area contributed by atoms with Crippen LogP contribution in [-0.2, 0) is 0 Å². The van der Waals surface area contributed by atoms with E-state index in [-0.39, 0.29) is 6.04 Å². The zero-order chi connectivity index (χ0) is 13.2. The molecular weight excluding hydrogens is 236 g/mol. The number of hydrogen-bond donors (Lipinski definition) is 1. The second-order valence-corrected chi connectivity index (χ2v) is 4.63. The van der Waals surface area contributed by atoms with Gasteiger partial charge in [-0.3, -0.25) is 4.98 Å². The van der Waals surface area contributed by atoms with E-state index in [0.29, 0.717) is 0 Å². The van der Waals surface area contributed by atoms with Crippen molar-refractivity contribution in [2.24, 2.45) is 0 Å². The fraction of sp³-hybridized carbons (Fsp3) is 0.188. The van der Waals surface area contributed by atoms with E-state index in [1.807, 2.05) is 44.6 Å². The van der Waals surface area contributed by atoms with Crippen LogP contribution in [0.15, 0.2) is 53.3 Å². The van der Waals surface area contributed by atoms with Crippen molar-refractivity contribution in [1.29, 1.82) is 0 Å². The van der Waals surface area contributed by atoms with E-state index in [4.69, 9.17) is 4.42 Å². The summed E-state index contributed by atoms with van der Waals surface area (Å²) in [6.07, 6.45) is 3.63. The van der Waals surface area contributed by atoms with Crippen LogP contribution in [0.1, 0.15) is 22.9 Å². The van der Waals surface area contributed by atoms with Gasteiger partial charge in [0.05, 0.1) is 17.8 Å². The third-order valence-electron chi connectivity index (χ3n) is 3.36. The zero-order valence-electron chi connectivity index (χ0n) is 11.1. The molecule has 1 atom stereocenters. The summed E-state index contributed by atoms with van der Waals surface area (Å²) in [4.78, 5) is 4.41. The summed E-state index contributed by atoms with van der Waals surface area (Å²) >= 11 is 0. The monoisotopic (exact) mass is 252 g/mol. The molecule has 1 N–H and O–H groups in total. The summed E-state index contributed by atoms with van der Waals surface area (Å²) in [5, 5.41) is 4.52. The number of aryl methyl sites for hydroxylation is 1. The third kappa shape index (κ3) is 2.13. The lowest BCUT2D eigenvalue weighted by atomic mass is 9.97. The Labute approximate surface area is 112 Å². The summed E-state index contributed by atoms with van der Waals surface area (Å²) in [6, 6.07) is 12.5. The topological polar surface area (TPSA) is 38.1 Å². The first kappa shape index (κ1) is 11.9. The molecule has 0 radical (unpaired) electrons. The van der Waals surface area contributed by atoms with E-state index < -0.39 is 0 Å². The van der Waals surface area contributed by atoms with E-state index >= 15 is 0 Å². The van der Waals surface area contributed by atoms with E-state index in [9.17, 15) is 0 Å². The van der Waals surface area contributed by atoms with Gasteiger partial charge >= 0.3 is 0 Å². The van der Waals surface area contributed by atoms with E-state index in [1.165, 1.54) is 10.9 Å². The molecule has 1 aromatic carbocycles. The predicted octanol–water partition coefficient (Wildman–Crippen LogP) is 3.45. The van der Waals surface area contributed by atoms with E-state index in [1.54, 1.807) is 0 Å². The maximum atomic E-state index is 5.43. The second-order valence-electron chi connectivity index (χ2n) is 4.63. The number of rotatable bonds is 3. The van der Waals surface area contributed by atoms with Crippen LogP contribution in [0.4, 0.5) is 0 Å². The van der Waals surface area contributed by atoms with Crippen molar-refractivity contribution >= 4 is 10.9 Å². The SMILES string of the molecule is CNC(c1coc(C)c1)c1cccc2ncccc12. The van der Waals surface area contributed by atoms with Gasteiger partial charge in [0.2, 0.25) is 0 Å². The molecule has 0 saturated carbocycles. The molecule has 0 amide bonds. The van der Waals surface area contributed by atoms with E-state index in [0.717, 1.165) is 16.8 Å². The van der Waals surface area contributed by atoms with Crippen LogP contribution in [0.2, 0.25) is 0 Å². The van der Waals surface area contributed by atoms with Crippen LogP contribution in [-0.4, -0.2) is 12.0 Å². The number of fused-ring (bicyclic) bond motifs is 1. The van der Waals surface area contributed by atoms with Crippen molar-refractivity contribution in [1.82, 2.24) is 10.3 Å². The Morgan fingerprint density at radius 1 is 1.21 bits per heavy atom. The van der Waals surface area contributed by atoms with Gasteiger partial charge in [-0.25, -0.2) is 0 Å². The molecule has 2 heterocycles. The second kappa shape index (κ2) is 4.86. The minimum absolute atomic E-state index is 0.116. The van der Waals surface area contributed by atoms with Gasteiger partial charge in [-0.15, -0.1) is 0 Å². The molecule has 3 nitrogen and oxygen atoms in total. The highest BCUT2D eigenvalue weighted by molar-refractivity contribution is 5.82. The minimum atomic E-state index is 0.116. The summed E-state index contributed by atoms with van der Waals surface area (Å²) in [5.74, 6) is 0.925. The third-order valence-corrected chi connectivity index (χ3v) is 3.36. The van der Waals surface area contributed by atoms with Crippen LogP contribution < -0.4 is 5.32 Å². The Bertz CT molecular complexity index is 697. The molecule has 3 rings (SSSR count). The van der Waals surface area contributed by atoms with Gasteiger partial charge in [0.15, 0.2) is 0 Å². The molecule has 3 aromatic rings. The predicted molar refractivity (Wildman–Crippen MR) is 76.1 cm³/mol. The molecule has 19 heavy (non-hydrogen) atoms. The smallest absolute Gasteiger partial charge is 0.101 e. The van der Waals surface area contributed by atoms with Crippen molar-refractivity contribution in [3.63, 3.8) is 0 Å². The summed E-state index contributed by atoms with van der Waals surface area (Å²) < 4.78 is 5.43. The molecule has 0 aliphatic rings. The van der Waals surface area contributed by atoms with Gasteiger partial charge in [0.1, 0.15) is 5.76 Å². The lowest BCUT2D eigenvalue weighted by Crippen LogP contribution is -2.17. The van der Waals surface area contributed by atoms with Gasteiger partial charge in [-0.05, 0) is 37.7 Å². The van der Waals surface area contributed by atoms with Crippen LogP contribution in [0, 0.1) is 6.92 Å². The molecule has 0 bridgehead atoms. The highest BCUT2D eigenvalue weighted by atomic mass is 16.3. The largest absolute Gasteiger partial charge is 0.469 e. The molecule has 0 aliphatic heterocycles. The molecule has 96 valence electrons. The number of furan rings is 1. The van der Waals surface area contributed by atoms with Crippen LogP contribution in [0.25, 0.3) is 10.9 Å². The van der Waals surface area contributed by atoms with Gasteiger partial charge in [0.25, 0.3) is 0 Å². The van der Waals surface area contributed by atoms with Crippen molar-refractivity contribution < 1.29 is 4.42 Å². The number of aromatic nitrogens is 1. The van der Waals surface area contributed by atoms with Gasteiger partial charge in [0, 0.05) is 17.1 Å². The van der Waals surface area contributed by atoms with Crippen LogP contribution >= 0.6 is 0 Å². The fourth-order valence-electron chi connectivity index (χ4n) is 2.50. The number of benzene rings is 1. The molecule has 0 fully saturated rings. The van der Waals surface area contributed by atoms with Crippen molar-refractivity contribution in [2.45, 2.75) is 13.0 Å². The van der Waals surface area contributed by atoms with Crippen LogP contribution in [0.3, 0.4) is 0 Å². The first-order chi connectivity index (χ1) is 9.29. The number of pyridine rings is 1. The first-order valence-electron chi connectivity index (χ1n) is 6.35. The summed E-state index contributed by atoms with van der Waals surface area (Å²) in [7, 11) is 1.96. The maximum absolute atomic E-state index is 5.43.